The second kappa shape index (κ2) is 5.21. The number of nitrogens with two attached hydrogens (primary N) is 1. The number of hydrogen-bond acceptors (Lipinski definition) is 5. The number of nitrogen functional groups attached to an aromatic ring is 1. The van der Waals surface area contributed by atoms with E-state index in [1.165, 1.54) is 0 Å². The zero-order valence-electron chi connectivity index (χ0n) is 11.3. The number of hydrogen-bond donors (Lipinski definition) is 2. The maximum Gasteiger partial charge on any atom is 0.341 e. The number of thiophene rings is 1. The van der Waals surface area contributed by atoms with Gasteiger partial charge in [0.2, 0.25) is 0 Å². The molecule has 1 fully saturated rings. The molecule has 1 aromatic rings. The van der Waals surface area contributed by atoms with Crippen LogP contribution in [0.4, 0.5) is 5.00 Å². The lowest BCUT2D eigenvalue weighted by molar-refractivity contribution is 0.0379. The van der Waals surface area contributed by atoms with E-state index in [2.05, 4.69) is 5.32 Å². The first-order valence-electron chi connectivity index (χ1n) is 6.30. The van der Waals surface area contributed by atoms with Gasteiger partial charge in [-0.1, -0.05) is 0 Å². The normalized spacial score (nSPS) is 14.5. The highest BCUT2D eigenvalue weighted by atomic mass is 32.1. The van der Waals surface area contributed by atoms with Gasteiger partial charge >= 0.3 is 5.97 Å². The van der Waals surface area contributed by atoms with E-state index in [9.17, 15) is 9.59 Å². The smallest absolute Gasteiger partial charge is 0.341 e. The molecule has 0 radical (unpaired) electrons. The molecule has 0 bridgehead atoms. The first-order chi connectivity index (χ1) is 8.90. The Balaban J connectivity index is 2.22. The van der Waals surface area contributed by atoms with Gasteiger partial charge in [-0.2, -0.15) is 0 Å². The van der Waals surface area contributed by atoms with Crippen LogP contribution in [0.1, 0.15) is 52.3 Å². The van der Waals surface area contributed by atoms with E-state index in [-0.39, 0.29) is 18.1 Å². The molecule has 1 amide bonds. The summed E-state index contributed by atoms with van der Waals surface area (Å²) in [6, 6.07) is 0.279. The van der Waals surface area contributed by atoms with Crippen LogP contribution in [0, 0.1) is 6.92 Å². The van der Waals surface area contributed by atoms with Gasteiger partial charge in [0.1, 0.15) is 5.00 Å². The van der Waals surface area contributed by atoms with E-state index in [1.54, 1.807) is 20.8 Å². The lowest BCUT2D eigenvalue weighted by Gasteiger charge is -2.08. The number of carbonyl (C=O) groups is 2. The van der Waals surface area contributed by atoms with Gasteiger partial charge in [-0.3, -0.25) is 4.79 Å². The molecule has 1 heterocycles. The maximum absolute atomic E-state index is 12.0. The molecule has 1 saturated carbocycles. The maximum atomic E-state index is 12.0. The lowest BCUT2D eigenvalue weighted by atomic mass is 10.1. The zero-order valence-corrected chi connectivity index (χ0v) is 12.1. The van der Waals surface area contributed by atoms with Gasteiger partial charge in [-0.25, -0.2) is 4.79 Å². The Morgan fingerprint density at radius 1 is 1.42 bits per heavy atom. The minimum Gasteiger partial charge on any atom is -0.459 e. The van der Waals surface area contributed by atoms with E-state index in [4.69, 9.17) is 10.5 Å². The first kappa shape index (κ1) is 13.9. The highest BCUT2D eigenvalue weighted by molar-refractivity contribution is 7.18. The molecule has 6 heteroatoms. The summed E-state index contributed by atoms with van der Waals surface area (Å²) < 4.78 is 5.14. The number of nitrogens with one attached hydrogen (secondary N) is 1. The van der Waals surface area contributed by atoms with Crippen LogP contribution >= 0.6 is 11.3 Å². The molecule has 0 unspecified atom stereocenters. The van der Waals surface area contributed by atoms with Crippen molar-refractivity contribution in [1.29, 1.82) is 0 Å². The SMILES string of the molecule is Cc1c(C(=O)NC2CC2)sc(N)c1C(=O)OC(C)C. The van der Waals surface area contributed by atoms with Crippen molar-refractivity contribution in [3.8, 4) is 0 Å². The third-order valence-corrected chi connectivity index (χ3v) is 3.96. The topological polar surface area (TPSA) is 81.4 Å². The summed E-state index contributed by atoms with van der Waals surface area (Å²) in [7, 11) is 0. The van der Waals surface area contributed by atoms with Crippen LogP contribution in [0.25, 0.3) is 0 Å². The van der Waals surface area contributed by atoms with E-state index in [1.807, 2.05) is 0 Å². The summed E-state index contributed by atoms with van der Waals surface area (Å²) in [5.41, 5.74) is 6.76. The number of rotatable bonds is 4. The summed E-state index contributed by atoms with van der Waals surface area (Å²) >= 11 is 1.14. The number of carbonyl (C=O) groups excluding carboxylic acids is 2. The quantitative estimate of drug-likeness (QED) is 0.829. The predicted molar refractivity (Wildman–Crippen MR) is 74.5 cm³/mol. The molecule has 0 saturated heterocycles. The molecule has 1 aliphatic rings. The third-order valence-electron chi connectivity index (χ3n) is 2.84. The van der Waals surface area contributed by atoms with Crippen molar-refractivity contribution in [2.45, 2.75) is 45.8 Å². The van der Waals surface area contributed by atoms with Gasteiger partial charge in [-0.05, 0) is 39.2 Å². The molecule has 2 rings (SSSR count). The van der Waals surface area contributed by atoms with Crippen LogP contribution in [0.2, 0.25) is 0 Å². The van der Waals surface area contributed by atoms with Gasteiger partial charge in [-0.15, -0.1) is 11.3 Å². The lowest BCUT2D eigenvalue weighted by Crippen LogP contribution is -2.25. The summed E-state index contributed by atoms with van der Waals surface area (Å²) in [4.78, 5) is 24.5. The second-order valence-corrected chi connectivity index (χ2v) is 6.05. The molecule has 0 aromatic carbocycles. The van der Waals surface area contributed by atoms with Crippen LogP contribution in [-0.4, -0.2) is 24.0 Å². The van der Waals surface area contributed by atoms with Gasteiger partial charge in [0, 0.05) is 6.04 Å². The van der Waals surface area contributed by atoms with Gasteiger partial charge in [0.05, 0.1) is 16.5 Å². The molecule has 5 nitrogen and oxygen atoms in total. The third kappa shape index (κ3) is 3.07. The molecule has 104 valence electrons. The largest absolute Gasteiger partial charge is 0.459 e. The minimum absolute atomic E-state index is 0.153. The number of anilines is 1. The Kier molecular flexibility index (Phi) is 3.80. The van der Waals surface area contributed by atoms with Gasteiger partial charge in [0.25, 0.3) is 5.91 Å². The van der Waals surface area contributed by atoms with E-state index < -0.39 is 5.97 Å². The number of amides is 1. The summed E-state index contributed by atoms with van der Waals surface area (Å²) in [6.07, 6.45) is 1.83. The summed E-state index contributed by atoms with van der Waals surface area (Å²) in [5.74, 6) is -0.619. The van der Waals surface area contributed by atoms with Crippen molar-refractivity contribution >= 4 is 28.2 Å². The van der Waals surface area contributed by atoms with Crippen molar-refractivity contribution in [3.05, 3.63) is 16.0 Å². The van der Waals surface area contributed by atoms with Gasteiger partial charge in [0.15, 0.2) is 0 Å². The fourth-order valence-electron chi connectivity index (χ4n) is 1.76. The van der Waals surface area contributed by atoms with Crippen molar-refractivity contribution in [3.63, 3.8) is 0 Å². The van der Waals surface area contributed by atoms with Crippen LogP contribution in [0.3, 0.4) is 0 Å². The molecule has 3 N–H and O–H groups in total. The fraction of sp³-hybridized carbons (Fsp3) is 0.538. The molecule has 0 spiro atoms. The second-order valence-electron chi connectivity index (χ2n) is 5.00. The standard InChI is InChI=1S/C13H18N2O3S/c1-6(2)18-13(17)9-7(3)10(19-11(9)14)12(16)15-8-4-5-8/h6,8H,4-5,14H2,1-3H3,(H,15,16). The molecule has 0 aliphatic heterocycles. The predicted octanol–water partition coefficient (Wildman–Crippen LogP) is 2.10. The van der Waals surface area contributed by atoms with Crippen molar-refractivity contribution in [2.24, 2.45) is 0 Å². The molecule has 19 heavy (non-hydrogen) atoms. The highest BCUT2D eigenvalue weighted by Crippen LogP contribution is 2.32. The van der Waals surface area contributed by atoms with Gasteiger partial charge < -0.3 is 15.8 Å². The Morgan fingerprint density at radius 2 is 2.05 bits per heavy atom. The molecular formula is C13H18N2O3S. The van der Waals surface area contributed by atoms with E-state index in [0.29, 0.717) is 21.0 Å². The van der Waals surface area contributed by atoms with E-state index in [0.717, 1.165) is 24.2 Å². The van der Waals surface area contributed by atoms with Crippen LogP contribution in [0.15, 0.2) is 0 Å². The summed E-state index contributed by atoms with van der Waals surface area (Å²) in [6.45, 7) is 5.28. The Morgan fingerprint density at radius 3 is 2.58 bits per heavy atom. The number of esters is 1. The van der Waals surface area contributed by atoms with Crippen LogP contribution < -0.4 is 11.1 Å². The van der Waals surface area contributed by atoms with E-state index >= 15 is 0 Å². The minimum atomic E-state index is -0.466. The average molecular weight is 282 g/mol. The van der Waals surface area contributed by atoms with Crippen molar-refractivity contribution in [2.75, 3.05) is 5.73 Å². The van der Waals surface area contributed by atoms with Crippen LogP contribution in [0.5, 0.6) is 0 Å². The van der Waals surface area contributed by atoms with Crippen molar-refractivity contribution in [1.82, 2.24) is 5.32 Å². The molecule has 1 aromatic heterocycles. The summed E-state index contributed by atoms with van der Waals surface area (Å²) in [5, 5.41) is 3.23. The fourth-order valence-corrected chi connectivity index (χ4v) is 2.72. The molecule has 1 aliphatic carbocycles. The highest BCUT2D eigenvalue weighted by Gasteiger charge is 2.28. The average Bonchev–Trinajstić information content (AvgIpc) is 3.03. The molecular weight excluding hydrogens is 264 g/mol. The Hall–Kier alpha value is -1.56. The Labute approximate surface area is 116 Å². The van der Waals surface area contributed by atoms with Crippen LogP contribution in [-0.2, 0) is 4.74 Å². The Bertz CT molecular complexity index is 518. The zero-order chi connectivity index (χ0) is 14.2. The van der Waals surface area contributed by atoms with Crippen molar-refractivity contribution < 1.29 is 14.3 Å². The molecule has 0 atom stereocenters. The monoisotopic (exact) mass is 282 g/mol. The number of ether oxygens (including phenoxy) is 1. The first-order valence-corrected chi connectivity index (χ1v) is 7.12.